The molecule has 0 unspecified atom stereocenters. The lowest BCUT2D eigenvalue weighted by atomic mass is 10.2. The Labute approximate surface area is 79.2 Å². The summed E-state index contributed by atoms with van der Waals surface area (Å²) >= 11 is 0. The summed E-state index contributed by atoms with van der Waals surface area (Å²) in [7, 11) is 0. The number of aliphatic hydroxyl groups excluding tert-OH is 1. The van der Waals surface area contributed by atoms with E-state index in [0.717, 1.165) is 6.54 Å². The van der Waals surface area contributed by atoms with Crippen molar-refractivity contribution in [2.45, 2.75) is 20.3 Å². The first kappa shape index (κ1) is 12.4. The minimum absolute atomic E-state index is 0.0896. The number of carboxylic acid groups (broad SMARTS) is 1. The molecule has 0 spiro atoms. The van der Waals surface area contributed by atoms with Crippen LogP contribution in [0.5, 0.6) is 0 Å². The van der Waals surface area contributed by atoms with Crippen LogP contribution in [-0.4, -0.2) is 47.3 Å². The molecule has 0 rings (SSSR count). The second-order valence-electron chi connectivity index (χ2n) is 3.56. The van der Waals surface area contributed by atoms with Gasteiger partial charge in [-0.05, 0) is 5.92 Å². The van der Waals surface area contributed by atoms with Gasteiger partial charge in [0.2, 0.25) is 0 Å². The van der Waals surface area contributed by atoms with Crippen molar-refractivity contribution < 1.29 is 15.0 Å². The van der Waals surface area contributed by atoms with Gasteiger partial charge in [0.15, 0.2) is 0 Å². The molecular weight excluding hydrogens is 170 g/mol. The normalized spacial score (nSPS) is 11.2. The predicted molar refractivity (Wildman–Crippen MR) is 50.6 cm³/mol. The maximum atomic E-state index is 10.3. The maximum absolute atomic E-state index is 10.3. The van der Waals surface area contributed by atoms with Gasteiger partial charge in [0.1, 0.15) is 0 Å². The van der Waals surface area contributed by atoms with Gasteiger partial charge in [-0.2, -0.15) is 0 Å². The maximum Gasteiger partial charge on any atom is 0.304 e. The average molecular weight is 189 g/mol. The van der Waals surface area contributed by atoms with Crippen LogP contribution in [0, 0.1) is 5.92 Å². The van der Waals surface area contributed by atoms with Gasteiger partial charge in [0, 0.05) is 19.6 Å². The van der Waals surface area contributed by atoms with Crippen molar-refractivity contribution in [3.8, 4) is 0 Å². The molecule has 0 saturated carbocycles. The number of hydrogen-bond acceptors (Lipinski definition) is 3. The van der Waals surface area contributed by atoms with Crippen LogP contribution in [0.2, 0.25) is 0 Å². The molecule has 0 aliphatic carbocycles. The fraction of sp³-hybridized carbons (Fsp3) is 0.889. The molecule has 0 atom stereocenters. The SMILES string of the molecule is CC(C)CN(CCO)CCC(=O)O. The van der Waals surface area contributed by atoms with Crippen LogP contribution in [-0.2, 0) is 4.79 Å². The first-order chi connectivity index (χ1) is 6.06. The molecule has 0 fully saturated rings. The summed E-state index contributed by atoms with van der Waals surface area (Å²) in [5.41, 5.74) is 0. The summed E-state index contributed by atoms with van der Waals surface area (Å²) < 4.78 is 0. The smallest absolute Gasteiger partial charge is 0.304 e. The van der Waals surface area contributed by atoms with Crippen LogP contribution in [0.3, 0.4) is 0 Å². The van der Waals surface area contributed by atoms with E-state index in [9.17, 15) is 4.79 Å². The Morgan fingerprint density at radius 1 is 1.38 bits per heavy atom. The van der Waals surface area contributed by atoms with Crippen LogP contribution in [0.25, 0.3) is 0 Å². The lowest BCUT2D eigenvalue weighted by molar-refractivity contribution is -0.137. The molecule has 13 heavy (non-hydrogen) atoms. The molecule has 2 N–H and O–H groups in total. The predicted octanol–water partition coefficient (Wildman–Crippen LogP) is 0.411. The Morgan fingerprint density at radius 2 is 2.00 bits per heavy atom. The van der Waals surface area contributed by atoms with Crippen molar-refractivity contribution in [2.24, 2.45) is 5.92 Å². The zero-order chi connectivity index (χ0) is 10.3. The number of carbonyl (C=O) groups is 1. The minimum atomic E-state index is -0.785. The monoisotopic (exact) mass is 189 g/mol. The van der Waals surface area contributed by atoms with E-state index in [0.29, 0.717) is 19.0 Å². The van der Waals surface area contributed by atoms with Crippen molar-refractivity contribution in [3.63, 3.8) is 0 Å². The number of carboxylic acids is 1. The Morgan fingerprint density at radius 3 is 2.38 bits per heavy atom. The number of rotatable bonds is 7. The van der Waals surface area contributed by atoms with E-state index in [1.807, 2.05) is 4.90 Å². The Hall–Kier alpha value is -0.610. The highest BCUT2D eigenvalue weighted by Gasteiger charge is 2.08. The van der Waals surface area contributed by atoms with Crippen molar-refractivity contribution in [1.29, 1.82) is 0 Å². The van der Waals surface area contributed by atoms with Crippen molar-refractivity contribution in [2.75, 3.05) is 26.2 Å². The third-order valence-corrected chi connectivity index (χ3v) is 1.68. The first-order valence-electron chi connectivity index (χ1n) is 4.61. The molecule has 0 aromatic heterocycles. The van der Waals surface area contributed by atoms with Crippen molar-refractivity contribution in [1.82, 2.24) is 4.90 Å². The quantitative estimate of drug-likeness (QED) is 0.609. The highest BCUT2D eigenvalue weighted by molar-refractivity contribution is 5.66. The second-order valence-corrected chi connectivity index (χ2v) is 3.56. The lowest BCUT2D eigenvalue weighted by Gasteiger charge is -2.22. The van der Waals surface area contributed by atoms with E-state index in [2.05, 4.69) is 13.8 Å². The first-order valence-corrected chi connectivity index (χ1v) is 4.61. The van der Waals surface area contributed by atoms with Crippen LogP contribution in [0.4, 0.5) is 0 Å². The summed E-state index contributed by atoms with van der Waals surface area (Å²) in [6.07, 6.45) is 0.146. The zero-order valence-electron chi connectivity index (χ0n) is 8.36. The van der Waals surface area contributed by atoms with Gasteiger partial charge in [0.05, 0.1) is 13.0 Å². The fourth-order valence-corrected chi connectivity index (χ4v) is 1.21. The molecule has 4 heteroatoms. The molecule has 0 amide bonds. The largest absolute Gasteiger partial charge is 0.481 e. The molecule has 0 aromatic carbocycles. The van der Waals surface area contributed by atoms with E-state index in [1.165, 1.54) is 0 Å². The van der Waals surface area contributed by atoms with E-state index >= 15 is 0 Å². The van der Waals surface area contributed by atoms with Crippen molar-refractivity contribution >= 4 is 5.97 Å². The van der Waals surface area contributed by atoms with Gasteiger partial charge in [-0.25, -0.2) is 0 Å². The molecule has 0 bridgehead atoms. The molecule has 0 aromatic rings. The summed E-state index contributed by atoms with van der Waals surface area (Å²) in [4.78, 5) is 12.3. The lowest BCUT2D eigenvalue weighted by Crippen LogP contribution is -2.32. The second kappa shape index (κ2) is 6.86. The van der Waals surface area contributed by atoms with E-state index in [1.54, 1.807) is 0 Å². The minimum Gasteiger partial charge on any atom is -0.481 e. The Bertz CT molecular complexity index is 148. The molecule has 0 aliphatic rings. The fourth-order valence-electron chi connectivity index (χ4n) is 1.21. The molecule has 0 radical (unpaired) electrons. The molecule has 0 aliphatic heterocycles. The van der Waals surface area contributed by atoms with Gasteiger partial charge in [0.25, 0.3) is 0 Å². The molecule has 0 saturated heterocycles. The van der Waals surface area contributed by atoms with Gasteiger partial charge < -0.3 is 15.1 Å². The Kier molecular flexibility index (Phi) is 6.54. The van der Waals surface area contributed by atoms with Gasteiger partial charge in [-0.15, -0.1) is 0 Å². The summed E-state index contributed by atoms with van der Waals surface area (Å²) in [5.74, 6) is -0.285. The molecular formula is C9H19NO3. The van der Waals surface area contributed by atoms with E-state index in [4.69, 9.17) is 10.2 Å². The highest BCUT2D eigenvalue weighted by Crippen LogP contribution is 1.99. The molecule has 0 heterocycles. The standard InChI is InChI=1S/C9H19NO3/c1-8(2)7-10(5-6-11)4-3-9(12)13/h8,11H,3-7H2,1-2H3,(H,12,13). The number of hydrogen-bond donors (Lipinski definition) is 2. The number of nitrogens with zero attached hydrogens (tertiary/aromatic N) is 1. The van der Waals surface area contributed by atoms with Crippen molar-refractivity contribution in [3.05, 3.63) is 0 Å². The third-order valence-electron chi connectivity index (χ3n) is 1.68. The van der Waals surface area contributed by atoms with Crippen LogP contribution in [0.1, 0.15) is 20.3 Å². The van der Waals surface area contributed by atoms with Gasteiger partial charge in [-0.1, -0.05) is 13.8 Å². The number of aliphatic carboxylic acids is 1. The van der Waals surface area contributed by atoms with Gasteiger partial charge >= 0.3 is 5.97 Å². The third kappa shape index (κ3) is 7.74. The molecule has 78 valence electrons. The summed E-state index contributed by atoms with van der Waals surface area (Å²) in [6, 6.07) is 0. The topological polar surface area (TPSA) is 60.8 Å². The average Bonchev–Trinajstić information content (AvgIpc) is 1.99. The van der Waals surface area contributed by atoms with Gasteiger partial charge in [-0.3, -0.25) is 4.79 Å². The van der Waals surface area contributed by atoms with Crippen LogP contribution >= 0.6 is 0 Å². The summed E-state index contributed by atoms with van der Waals surface area (Å²) in [5, 5.41) is 17.2. The van der Waals surface area contributed by atoms with E-state index in [-0.39, 0.29) is 13.0 Å². The molecule has 4 nitrogen and oxygen atoms in total. The zero-order valence-corrected chi connectivity index (χ0v) is 8.36. The highest BCUT2D eigenvalue weighted by atomic mass is 16.4. The summed E-state index contributed by atoms with van der Waals surface area (Å²) in [6.45, 7) is 6.16. The number of aliphatic hydroxyl groups is 1. The van der Waals surface area contributed by atoms with Crippen LogP contribution in [0.15, 0.2) is 0 Å². The van der Waals surface area contributed by atoms with Crippen LogP contribution < -0.4 is 0 Å². The Balaban J connectivity index is 3.72. The van der Waals surface area contributed by atoms with E-state index < -0.39 is 5.97 Å².